The second-order valence-electron chi connectivity index (χ2n) is 8.98. The number of nitrogens with one attached hydrogen (secondary N) is 1. The predicted octanol–water partition coefficient (Wildman–Crippen LogP) is 7.98. The molecule has 6 heteroatoms. The summed E-state index contributed by atoms with van der Waals surface area (Å²) in [4.78, 5) is 15.7. The molecule has 0 aliphatic heterocycles. The number of amides is 2. The Balaban J connectivity index is 2.07. The van der Waals surface area contributed by atoms with Crippen LogP contribution in [0.1, 0.15) is 68.8 Å². The van der Waals surface area contributed by atoms with Gasteiger partial charge in [0, 0.05) is 16.4 Å². The average Bonchev–Trinajstić information content (AvgIpc) is 2.84. The number of nitrogen functional groups attached to an aromatic ring is 1. The number of anilines is 3. The van der Waals surface area contributed by atoms with Crippen LogP contribution in [0.5, 0.6) is 5.75 Å². The van der Waals surface area contributed by atoms with Crippen molar-refractivity contribution in [3.63, 3.8) is 0 Å². The van der Waals surface area contributed by atoms with Gasteiger partial charge in [0.2, 0.25) is 0 Å². The number of ether oxygens (including phenoxy) is 1. The summed E-state index contributed by atoms with van der Waals surface area (Å²) in [5.74, 6) is 1.17. The number of halogens is 1. The molecule has 0 fully saturated rings. The lowest BCUT2D eigenvalue weighted by Crippen LogP contribution is -2.37. The summed E-state index contributed by atoms with van der Waals surface area (Å²) in [6.07, 6.45) is 1.36. The van der Waals surface area contributed by atoms with Crippen LogP contribution in [0.15, 0.2) is 54.6 Å². The van der Waals surface area contributed by atoms with Crippen molar-refractivity contribution in [3.05, 3.63) is 81.9 Å². The van der Waals surface area contributed by atoms with Gasteiger partial charge in [0.05, 0.1) is 18.8 Å². The van der Waals surface area contributed by atoms with E-state index in [0.29, 0.717) is 35.2 Å². The van der Waals surface area contributed by atoms with Crippen LogP contribution in [0.2, 0.25) is 5.02 Å². The quantitative estimate of drug-likeness (QED) is 0.312. The number of nitrogens with two attached hydrogens (primary N) is 1. The molecule has 0 heterocycles. The van der Waals surface area contributed by atoms with Crippen LogP contribution in [0, 0.1) is 0 Å². The zero-order valence-electron chi connectivity index (χ0n) is 21.5. The van der Waals surface area contributed by atoms with Gasteiger partial charge in [-0.15, -0.1) is 0 Å². The fourth-order valence-corrected chi connectivity index (χ4v) is 4.71. The number of hydrogen-bond acceptors (Lipinski definition) is 3. The van der Waals surface area contributed by atoms with E-state index in [0.717, 1.165) is 28.1 Å². The molecule has 0 saturated heterocycles. The van der Waals surface area contributed by atoms with Crippen molar-refractivity contribution in [1.29, 1.82) is 0 Å². The molecule has 0 aromatic heterocycles. The van der Waals surface area contributed by atoms with Gasteiger partial charge in [-0.25, -0.2) is 4.79 Å². The highest BCUT2D eigenvalue weighted by molar-refractivity contribution is 6.32. The minimum atomic E-state index is -0.239. The first-order valence-electron chi connectivity index (χ1n) is 12.2. The van der Waals surface area contributed by atoms with Crippen molar-refractivity contribution < 1.29 is 9.53 Å². The average molecular weight is 494 g/mol. The summed E-state index contributed by atoms with van der Waals surface area (Å²) in [6, 6.07) is 17.2. The van der Waals surface area contributed by atoms with Crippen LogP contribution >= 0.6 is 11.6 Å². The van der Waals surface area contributed by atoms with E-state index in [9.17, 15) is 4.79 Å². The second-order valence-corrected chi connectivity index (χ2v) is 9.39. The first kappa shape index (κ1) is 26.4. The number of carbonyl (C=O) groups is 1. The van der Waals surface area contributed by atoms with Crippen molar-refractivity contribution in [2.75, 3.05) is 23.1 Å². The van der Waals surface area contributed by atoms with Crippen LogP contribution in [-0.4, -0.2) is 13.1 Å². The van der Waals surface area contributed by atoms with Gasteiger partial charge in [-0.3, -0.25) is 4.90 Å². The molecule has 3 aromatic carbocycles. The Hall–Kier alpha value is -3.18. The van der Waals surface area contributed by atoms with E-state index in [-0.39, 0.29) is 12.1 Å². The Morgan fingerprint density at radius 3 is 2.06 bits per heavy atom. The third-order valence-electron chi connectivity index (χ3n) is 6.50. The smallest absolute Gasteiger partial charge is 0.326 e. The standard InChI is InChI=1S/C29H36ClN3O2/c1-7-24-26(30)17-27(31)25(8-2)28(24)32-29(34)33(22-13-9-20(10-14-22)18(3)4)19(5)21-11-15-23(35-6)16-12-21/h9-19H,7-8,31H2,1-6H3,(H,32,34)/t19-/m1/s1. The molecule has 1 atom stereocenters. The summed E-state index contributed by atoms with van der Waals surface area (Å²) in [6.45, 7) is 10.4. The lowest BCUT2D eigenvalue weighted by Gasteiger charge is -2.31. The molecule has 3 N–H and O–H groups in total. The molecular weight excluding hydrogens is 458 g/mol. The summed E-state index contributed by atoms with van der Waals surface area (Å²) in [5.41, 5.74) is 12.4. The Labute approximate surface area is 214 Å². The van der Waals surface area contributed by atoms with Crippen LogP contribution < -0.4 is 20.7 Å². The normalized spacial score (nSPS) is 11.9. The Kier molecular flexibility index (Phi) is 8.68. The Bertz CT molecular complexity index is 1130. The molecule has 2 amide bonds. The number of urea groups is 1. The van der Waals surface area contributed by atoms with Gasteiger partial charge in [-0.05, 0) is 78.3 Å². The minimum Gasteiger partial charge on any atom is -0.497 e. The van der Waals surface area contributed by atoms with Crippen molar-refractivity contribution >= 4 is 34.7 Å². The summed E-state index contributed by atoms with van der Waals surface area (Å²) < 4.78 is 5.31. The first-order chi connectivity index (χ1) is 16.7. The van der Waals surface area contributed by atoms with Gasteiger partial charge in [0.25, 0.3) is 0 Å². The van der Waals surface area contributed by atoms with Crippen LogP contribution in [0.25, 0.3) is 0 Å². The molecule has 0 unspecified atom stereocenters. The molecule has 0 aliphatic carbocycles. The molecule has 35 heavy (non-hydrogen) atoms. The van der Waals surface area contributed by atoms with Crippen LogP contribution in [0.4, 0.5) is 21.9 Å². The monoisotopic (exact) mass is 493 g/mol. The Morgan fingerprint density at radius 1 is 0.971 bits per heavy atom. The number of rotatable bonds is 8. The van der Waals surface area contributed by atoms with E-state index in [1.807, 2.05) is 57.2 Å². The van der Waals surface area contributed by atoms with Crippen LogP contribution in [0.3, 0.4) is 0 Å². The maximum Gasteiger partial charge on any atom is 0.326 e. The number of hydrogen-bond donors (Lipinski definition) is 2. The number of carbonyl (C=O) groups excluding carboxylic acids is 1. The third kappa shape index (κ3) is 5.73. The SMILES string of the molecule is CCc1c(N)cc(Cl)c(CC)c1NC(=O)N(c1ccc(C(C)C)cc1)[C@H](C)c1ccc(OC)cc1. The Morgan fingerprint density at radius 2 is 1.54 bits per heavy atom. The van der Waals surface area contributed by atoms with Crippen molar-refractivity contribution in [2.45, 2.75) is 59.4 Å². The van der Waals surface area contributed by atoms with E-state index in [2.05, 4.69) is 31.3 Å². The van der Waals surface area contributed by atoms with Gasteiger partial charge in [0.1, 0.15) is 5.75 Å². The lowest BCUT2D eigenvalue weighted by molar-refractivity contribution is 0.255. The molecule has 0 saturated carbocycles. The van der Waals surface area contributed by atoms with Gasteiger partial charge in [-0.2, -0.15) is 0 Å². The highest BCUT2D eigenvalue weighted by atomic mass is 35.5. The van der Waals surface area contributed by atoms with Crippen LogP contribution in [-0.2, 0) is 12.8 Å². The van der Waals surface area contributed by atoms with E-state index in [4.69, 9.17) is 22.1 Å². The fourth-order valence-electron chi connectivity index (χ4n) is 4.37. The van der Waals surface area contributed by atoms with E-state index >= 15 is 0 Å². The largest absolute Gasteiger partial charge is 0.497 e. The summed E-state index contributed by atoms with van der Waals surface area (Å²) in [7, 11) is 1.64. The summed E-state index contributed by atoms with van der Waals surface area (Å²) >= 11 is 6.52. The zero-order valence-corrected chi connectivity index (χ0v) is 22.2. The maximum atomic E-state index is 13.9. The van der Waals surface area contributed by atoms with E-state index in [1.165, 1.54) is 5.56 Å². The van der Waals surface area contributed by atoms with Gasteiger partial charge < -0.3 is 15.8 Å². The van der Waals surface area contributed by atoms with E-state index < -0.39 is 0 Å². The lowest BCUT2D eigenvalue weighted by atomic mass is 10.0. The highest BCUT2D eigenvalue weighted by Gasteiger charge is 2.26. The molecule has 0 bridgehead atoms. The van der Waals surface area contributed by atoms with Crippen molar-refractivity contribution in [1.82, 2.24) is 0 Å². The molecule has 0 spiro atoms. The van der Waals surface area contributed by atoms with Gasteiger partial charge >= 0.3 is 6.03 Å². The maximum absolute atomic E-state index is 13.9. The van der Waals surface area contributed by atoms with Gasteiger partial charge in [0.15, 0.2) is 0 Å². The zero-order chi connectivity index (χ0) is 25.7. The third-order valence-corrected chi connectivity index (χ3v) is 6.84. The molecule has 3 rings (SSSR count). The molecule has 0 radical (unpaired) electrons. The molecule has 0 aliphatic rings. The van der Waals surface area contributed by atoms with E-state index in [1.54, 1.807) is 18.1 Å². The highest BCUT2D eigenvalue weighted by Crippen LogP contribution is 2.36. The van der Waals surface area contributed by atoms with Crippen molar-refractivity contribution in [2.24, 2.45) is 0 Å². The predicted molar refractivity (Wildman–Crippen MR) is 148 cm³/mol. The fraction of sp³-hybridized carbons (Fsp3) is 0.345. The summed E-state index contributed by atoms with van der Waals surface area (Å²) in [5, 5.41) is 3.73. The number of methoxy groups -OCH3 is 1. The molecule has 3 aromatic rings. The molecule has 5 nitrogen and oxygen atoms in total. The molecule has 186 valence electrons. The first-order valence-corrected chi connectivity index (χ1v) is 12.5. The minimum absolute atomic E-state index is 0.238. The topological polar surface area (TPSA) is 67.6 Å². The number of benzene rings is 3. The van der Waals surface area contributed by atoms with Crippen molar-refractivity contribution in [3.8, 4) is 5.75 Å². The van der Waals surface area contributed by atoms with Gasteiger partial charge in [-0.1, -0.05) is 63.6 Å². The molecular formula is C29H36ClN3O2. The number of nitrogens with zero attached hydrogens (tertiary/aromatic N) is 1. The second kappa shape index (κ2) is 11.5.